The molecule has 1 fully saturated rings. The highest BCUT2D eigenvalue weighted by atomic mass is 35.5. The van der Waals surface area contributed by atoms with Gasteiger partial charge in [0, 0.05) is 17.6 Å². The molecule has 3 heterocycles. The first kappa shape index (κ1) is 12.7. The SMILES string of the molecule is FC(F)c1cc(Cl)nc2c1cnn2C1CCCCO1. The number of fused-ring (bicyclic) bond motifs is 1. The predicted molar refractivity (Wildman–Crippen MR) is 66.3 cm³/mol. The molecule has 102 valence electrons. The number of aromatic nitrogens is 3. The normalized spacial score (nSPS) is 20.3. The van der Waals surface area contributed by atoms with Gasteiger partial charge < -0.3 is 4.74 Å². The van der Waals surface area contributed by atoms with E-state index in [0.29, 0.717) is 17.6 Å². The predicted octanol–water partition coefficient (Wildman–Crippen LogP) is 3.72. The highest BCUT2D eigenvalue weighted by molar-refractivity contribution is 6.29. The number of hydrogen-bond acceptors (Lipinski definition) is 3. The number of rotatable bonds is 2. The third-order valence-electron chi connectivity index (χ3n) is 3.23. The van der Waals surface area contributed by atoms with Crippen molar-refractivity contribution in [1.82, 2.24) is 14.8 Å². The van der Waals surface area contributed by atoms with Gasteiger partial charge in [-0.2, -0.15) is 5.10 Å². The van der Waals surface area contributed by atoms with E-state index in [4.69, 9.17) is 16.3 Å². The average molecular weight is 288 g/mol. The van der Waals surface area contributed by atoms with Crippen molar-refractivity contribution in [2.75, 3.05) is 6.61 Å². The average Bonchev–Trinajstić information content (AvgIpc) is 2.82. The van der Waals surface area contributed by atoms with E-state index in [9.17, 15) is 8.78 Å². The summed E-state index contributed by atoms with van der Waals surface area (Å²) in [5.41, 5.74) is 0.215. The summed E-state index contributed by atoms with van der Waals surface area (Å²) in [5, 5.41) is 4.51. The molecule has 0 saturated carbocycles. The first-order chi connectivity index (χ1) is 9.16. The van der Waals surface area contributed by atoms with E-state index >= 15 is 0 Å². The van der Waals surface area contributed by atoms with E-state index in [1.165, 1.54) is 12.3 Å². The van der Waals surface area contributed by atoms with Crippen molar-refractivity contribution in [3.8, 4) is 0 Å². The molecule has 0 spiro atoms. The zero-order valence-electron chi connectivity index (χ0n) is 10.0. The van der Waals surface area contributed by atoms with Crippen LogP contribution < -0.4 is 0 Å². The minimum absolute atomic E-state index is 0.0420. The monoisotopic (exact) mass is 287 g/mol. The van der Waals surface area contributed by atoms with Crippen LogP contribution in [0.4, 0.5) is 8.78 Å². The Bertz CT molecular complexity index is 596. The highest BCUT2D eigenvalue weighted by Crippen LogP contribution is 2.32. The van der Waals surface area contributed by atoms with Crippen LogP contribution in [0, 0.1) is 0 Å². The van der Waals surface area contributed by atoms with Crippen LogP contribution in [0.25, 0.3) is 11.0 Å². The van der Waals surface area contributed by atoms with Crippen LogP contribution in [0.1, 0.15) is 37.5 Å². The minimum Gasteiger partial charge on any atom is -0.356 e. The van der Waals surface area contributed by atoms with Crippen LogP contribution in [0.2, 0.25) is 5.15 Å². The molecule has 0 aliphatic carbocycles. The Morgan fingerprint density at radius 2 is 2.26 bits per heavy atom. The summed E-state index contributed by atoms with van der Waals surface area (Å²) in [7, 11) is 0. The molecule has 3 rings (SSSR count). The van der Waals surface area contributed by atoms with Crippen molar-refractivity contribution in [2.24, 2.45) is 0 Å². The maximum absolute atomic E-state index is 13.0. The van der Waals surface area contributed by atoms with Crippen molar-refractivity contribution < 1.29 is 13.5 Å². The molecule has 0 amide bonds. The van der Waals surface area contributed by atoms with E-state index in [2.05, 4.69) is 10.1 Å². The molecule has 0 N–H and O–H groups in total. The zero-order chi connectivity index (χ0) is 13.4. The van der Waals surface area contributed by atoms with Crippen LogP contribution >= 0.6 is 11.6 Å². The summed E-state index contributed by atoms with van der Waals surface area (Å²) in [4.78, 5) is 4.11. The Morgan fingerprint density at radius 1 is 1.42 bits per heavy atom. The van der Waals surface area contributed by atoms with E-state index in [1.807, 2.05) is 0 Å². The second-order valence-electron chi connectivity index (χ2n) is 4.48. The fourth-order valence-electron chi connectivity index (χ4n) is 2.32. The summed E-state index contributed by atoms with van der Waals surface area (Å²) < 4.78 is 33.1. The molecule has 4 nitrogen and oxygen atoms in total. The largest absolute Gasteiger partial charge is 0.356 e. The van der Waals surface area contributed by atoms with Gasteiger partial charge in [-0.15, -0.1) is 0 Å². The van der Waals surface area contributed by atoms with Gasteiger partial charge in [-0.05, 0) is 25.3 Å². The standard InChI is InChI=1S/C12H12ClF2N3O/c13-9-5-7(11(14)15)8-6-16-18(12(8)17-9)10-3-1-2-4-19-10/h5-6,10-11H,1-4H2. The Morgan fingerprint density at radius 3 is 2.95 bits per heavy atom. The topological polar surface area (TPSA) is 39.9 Å². The fourth-order valence-corrected chi connectivity index (χ4v) is 2.52. The third kappa shape index (κ3) is 2.30. The first-order valence-corrected chi connectivity index (χ1v) is 6.48. The maximum atomic E-state index is 13.0. The van der Waals surface area contributed by atoms with E-state index in [-0.39, 0.29) is 16.9 Å². The molecule has 1 unspecified atom stereocenters. The molecule has 2 aromatic heterocycles. The molecular formula is C12H12ClF2N3O. The molecule has 2 aromatic rings. The lowest BCUT2D eigenvalue weighted by atomic mass is 10.2. The van der Waals surface area contributed by atoms with Crippen molar-refractivity contribution >= 4 is 22.6 Å². The Labute approximate surface area is 113 Å². The minimum atomic E-state index is -2.60. The quantitative estimate of drug-likeness (QED) is 0.790. The van der Waals surface area contributed by atoms with Gasteiger partial charge in [0.1, 0.15) is 5.15 Å². The summed E-state index contributed by atoms with van der Waals surface area (Å²) in [6.45, 7) is 0.647. The lowest BCUT2D eigenvalue weighted by Crippen LogP contribution is -2.19. The van der Waals surface area contributed by atoms with Gasteiger partial charge in [-0.3, -0.25) is 0 Å². The van der Waals surface area contributed by atoms with Gasteiger partial charge in [0.05, 0.1) is 6.20 Å². The molecule has 1 aliphatic heterocycles. The fraction of sp³-hybridized carbons (Fsp3) is 0.500. The smallest absolute Gasteiger partial charge is 0.264 e. The zero-order valence-corrected chi connectivity index (χ0v) is 10.8. The number of ether oxygens (including phenoxy) is 1. The van der Waals surface area contributed by atoms with Crippen LogP contribution in [-0.2, 0) is 4.74 Å². The van der Waals surface area contributed by atoms with Gasteiger partial charge in [-0.1, -0.05) is 11.6 Å². The highest BCUT2D eigenvalue weighted by Gasteiger charge is 2.22. The molecule has 0 bridgehead atoms. The van der Waals surface area contributed by atoms with Crippen LogP contribution in [0.3, 0.4) is 0 Å². The molecule has 0 aromatic carbocycles. The number of alkyl halides is 2. The molecular weight excluding hydrogens is 276 g/mol. The lowest BCUT2D eigenvalue weighted by Gasteiger charge is -2.23. The van der Waals surface area contributed by atoms with E-state index in [1.54, 1.807) is 4.68 Å². The Kier molecular flexibility index (Phi) is 3.36. The Balaban J connectivity index is 2.11. The van der Waals surface area contributed by atoms with Crippen molar-refractivity contribution in [3.05, 3.63) is 23.0 Å². The van der Waals surface area contributed by atoms with E-state index < -0.39 is 6.43 Å². The van der Waals surface area contributed by atoms with Crippen LogP contribution in [0.15, 0.2) is 12.3 Å². The molecule has 1 aliphatic rings. The maximum Gasteiger partial charge on any atom is 0.264 e. The van der Waals surface area contributed by atoms with Gasteiger partial charge in [0.15, 0.2) is 11.9 Å². The van der Waals surface area contributed by atoms with Crippen LogP contribution in [-0.4, -0.2) is 21.4 Å². The van der Waals surface area contributed by atoms with Crippen molar-refractivity contribution in [3.63, 3.8) is 0 Å². The second kappa shape index (κ2) is 5.02. The van der Waals surface area contributed by atoms with Gasteiger partial charge in [0.2, 0.25) is 0 Å². The molecule has 1 saturated heterocycles. The molecule has 7 heteroatoms. The van der Waals surface area contributed by atoms with Crippen molar-refractivity contribution in [2.45, 2.75) is 31.9 Å². The number of halogens is 3. The van der Waals surface area contributed by atoms with Gasteiger partial charge in [-0.25, -0.2) is 18.4 Å². The molecule has 1 atom stereocenters. The van der Waals surface area contributed by atoms with Crippen molar-refractivity contribution in [1.29, 1.82) is 0 Å². The van der Waals surface area contributed by atoms with E-state index in [0.717, 1.165) is 19.3 Å². The third-order valence-corrected chi connectivity index (χ3v) is 3.42. The first-order valence-electron chi connectivity index (χ1n) is 6.10. The van der Waals surface area contributed by atoms with Gasteiger partial charge >= 0.3 is 0 Å². The Hall–Kier alpha value is -1.27. The molecule has 0 radical (unpaired) electrons. The van der Waals surface area contributed by atoms with Gasteiger partial charge in [0.25, 0.3) is 6.43 Å². The summed E-state index contributed by atoms with van der Waals surface area (Å²) in [6, 6.07) is 1.18. The second-order valence-corrected chi connectivity index (χ2v) is 4.87. The summed E-state index contributed by atoms with van der Waals surface area (Å²) in [5.74, 6) is 0. The number of nitrogens with zero attached hydrogens (tertiary/aromatic N) is 3. The van der Waals surface area contributed by atoms with Crippen LogP contribution in [0.5, 0.6) is 0 Å². The molecule has 19 heavy (non-hydrogen) atoms. The number of hydrogen-bond donors (Lipinski definition) is 0. The lowest BCUT2D eigenvalue weighted by molar-refractivity contribution is -0.0370. The summed E-state index contributed by atoms with van der Waals surface area (Å²) in [6.07, 6.45) is 1.38. The number of pyridine rings is 1. The summed E-state index contributed by atoms with van der Waals surface area (Å²) >= 11 is 5.81.